The lowest BCUT2D eigenvalue weighted by molar-refractivity contribution is 0.0251. The monoisotopic (exact) mass is 264 g/mol. The zero-order valence-corrected chi connectivity index (χ0v) is 11.4. The van der Waals surface area contributed by atoms with E-state index < -0.39 is 5.60 Å². The second kappa shape index (κ2) is 6.33. The van der Waals surface area contributed by atoms with Crippen LogP contribution in [0.3, 0.4) is 0 Å². The summed E-state index contributed by atoms with van der Waals surface area (Å²) in [5, 5.41) is 24.4. The van der Waals surface area contributed by atoms with Crippen molar-refractivity contribution in [1.29, 1.82) is 5.26 Å². The Morgan fingerprint density at radius 1 is 1.33 bits per heavy atom. The van der Waals surface area contributed by atoms with Gasteiger partial charge in [0.15, 0.2) is 0 Å². The molecule has 0 amide bonds. The van der Waals surface area contributed by atoms with E-state index in [2.05, 4.69) is 11.4 Å². The molecule has 1 aromatic heterocycles. The van der Waals surface area contributed by atoms with Crippen LogP contribution < -0.4 is 5.32 Å². The molecule has 1 fully saturated rings. The highest BCUT2D eigenvalue weighted by Gasteiger charge is 2.27. The van der Waals surface area contributed by atoms with Crippen molar-refractivity contribution in [3.05, 3.63) is 21.9 Å². The third-order valence-corrected chi connectivity index (χ3v) is 4.51. The van der Waals surface area contributed by atoms with Gasteiger partial charge in [-0.25, -0.2) is 0 Å². The lowest BCUT2D eigenvalue weighted by Crippen LogP contribution is -2.39. The van der Waals surface area contributed by atoms with E-state index in [9.17, 15) is 5.11 Å². The number of nitriles is 1. The summed E-state index contributed by atoms with van der Waals surface area (Å²) in [5.74, 6) is 0. The van der Waals surface area contributed by atoms with Gasteiger partial charge >= 0.3 is 0 Å². The second-order valence-electron chi connectivity index (χ2n) is 5.16. The third-order valence-electron chi connectivity index (χ3n) is 3.57. The molecule has 18 heavy (non-hydrogen) atoms. The highest BCUT2D eigenvalue weighted by atomic mass is 32.1. The fourth-order valence-corrected chi connectivity index (χ4v) is 3.29. The van der Waals surface area contributed by atoms with Crippen molar-refractivity contribution in [2.45, 2.75) is 50.7 Å². The van der Waals surface area contributed by atoms with E-state index in [4.69, 9.17) is 5.26 Å². The van der Waals surface area contributed by atoms with Gasteiger partial charge in [-0.15, -0.1) is 11.3 Å². The maximum atomic E-state index is 10.5. The molecule has 1 aromatic rings. The predicted octanol–water partition coefficient (Wildman–Crippen LogP) is 2.79. The van der Waals surface area contributed by atoms with Crippen molar-refractivity contribution in [3.8, 4) is 6.07 Å². The Labute approximate surface area is 112 Å². The van der Waals surface area contributed by atoms with Gasteiger partial charge in [0.05, 0.1) is 11.2 Å². The smallest absolute Gasteiger partial charge is 0.100 e. The number of nitrogens with one attached hydrogen (secondary N) is 1. The van der Waals surface area contributed by atoms with E-state index in [1.54, 1.807) is 11.3 Å². The van der Waals surface area contributed by atoms with Crippen LogP contribution in [0.25, 0.3) is 0 Å². The van der Waals surface area contributed by atoms with E-state index >= 15 is 0 Å². The molecule has 1 aliphatic carbocycles. The summed E-state index contributed by atoms with van der Waals surface area (Å²) in [6.45, 7) is 1.40. The molecule has 0 atom stereocenters. The number of hydrogen-bond acceptors (Lipinski definition) is 4. The summed E-state index contributed by atoms with van der Waals surface area (Å²) in [6.07, 6.45) is 6.59. The van der Waals surface area contributed by atoms with Gasteiger partial charge in [0.25, 0.3) is 0 Å². The maximum absolute atomic E-state index is 10.5. The minimum atomic E-state index is -0.522. The number of nitrogens with zero attached hydrogens (tertiary/aromatic N) is 1. The molecule has 0 aromatic carbocycles. The number of hydrogen-bond donors (Lipinski definition) is 2. The Hall–Kier alpha value is -0.890. The van der Waals surface area contributed by atoms with Crippen molar-refractivity contribution in [1.82, 2.24) is 5.32 Å². The molecule has 1 heterocycles. The standard InChI is InChI=1S/C14H20N2OS/c15-8-12-7-13(18-10-12)9-16-11-14(17)5-3-1-2-4-6-14/h7,10,16-17H,1-6,9,11H2. The maximum Gasteiger partial charge on any atom is 0.100 e. The Bertz CT molecular complexity index is 414. The van der Waals surface area contributed by atoms with Crippen LogP contribution in [0.15, 0.2) is 11.4 Å². The van der Waals surface area contributed by atoms with Crippen LogP contribution in [-0.4, -0.2) is 17.3 Å². The van der Waals surface area contributed by atoms with Crippen LogP contribution in [0, 0.1) is 11.3 Å². The summed E-state index contributed by atoms with van der Waals surface area (Å²) < 4.78 is 0. The first-order chi connectivity index (χ1) is 8.72. The molecule has 2 N–H and O–H groups in total. The van der Waals surface area contributed by atoms with Crippen molar-refractivity contribution in [2.75, 3.05) is 6.54 Å². The van der Waals surface area contributed by atoms with Gasteiger partial charge in [-0.1, -0.05) is 25.7 Å². The third kappa shape index (κ3) is 3.81. The molecule has 4 heteroatoms. The minimum absolute atomic E-state index is 0.522. The van der Waals surface area contributed by atoms with Crippen LogP contribution in [-0.2, 0) is 6.54 Å². The average molecular weight is 264 g/mol. The minimum Gasteiger partial charge on any atom is -0.389 e. The summed E-state index contributed by atoms with van der Waals surface area (Å²) in [7, 11) is 0. The van der Waals surface area contributed by atoms with Crippen molar-refractivity contribution >= 4 is 11.3 Å². The molecule has 0 aliphatic heterocycles. The molecular weight excluding hydrogens is 244 g/mol. The van der Waals surface area contributed by atoms with Crippen molar-refractivity contribution in [3.63, 3.8) is 0 Å². The van der Waals surface area contributed by atoms with Crippen LogP contribution >= 0.6 is 11.3 Å². The quantitative estimate of drug-likeness (QED) is 0.822. The van der Waals surface area contributed by atoms with Crippen LogP contribution in [0.1, 0.15) is 49.0 Å². The Balaban J connectivity index is 1.78. The molecule has 2 rings (SSSR count). The normalized spacial score (nSPS) is 19.1. The van der Waals surface area contributed by atoms with Crippen molar-refractivity contribution in [2.24, 2.45) is 0 Å². The molecule has 0 spiro atoms. The van der Waals surface area contributed by atoms with E-state index in [0.29, 0.717) is 6.54 Å². The van der Waals surface area contributed by atoms with Gasteiger partial charge in [-0.2, -0.15) is 5.26 Å². The van der Waals surface area contributed by atoms with E-state index in [0.717, 1.165) is 42.7 Å². The van der Waals surface area contributed by atoms with Crippen LogP contribution in [0.4, 0.5) is 0 Å². The molecule has 0 radical (unpaired) electrons. The molecule has 0 unspecified atom stereocenters. The summed E-state index contributed by atoms with van der Waals surface area (Å²) >= 11 is 1.60. The first-order valence-electron chi connectivity index (χ1n) is 6.62. The number of thiophene rings is 1. The molecule has 3 nitrogen and oxygen atoms in total. The molecular formula is C14H20N2OS. The second-order valence-corrected chi connectivity index (χ2v) is 6.15. The highest BCUT2D eigenvalue weighted by Crippen LogP contribution is 2.26. The lowest BCUT2D eigenvalue weighted by Gasteiger charge is -2.26. The van der Waals surface area contributed by atoms with Crippen LogP contribution in [0.5, 0.6) is 0 Å². The Kier molecular flexibility index (Phi) is 4.76. The largest absolute Gasteiger partial charge is 0.389 e. The fourth-order valence-electron chi connectivity index (χ4n) is 2.51. The zero-order chi connectivity index (χ0) is 12.8. The lowest BCUT2D eigenvalue weighted by atomic mass is 9.94. The summed E-state index contributed by atoms with van der Waals surface area (Å²) in [6, 6.07) is 4.05. The molecule has 98 valence electrons. The van der Waals surface area contributed by atoms with E-state index in [1.807, 2.05) is 11.4 Å². The van der Waals surface area contributed by atoms with E-state index in [1.165, 1.54) is 12.8 Å². The predicted molar refractivity (Wildman–Crippen MR) is 73.4 cm³/mol. The summed E-state index contributed by atoms with van der Waals surface area (Å²) in [4.78, 5) is 1.16. The van der Waals surface area contributed by atoms with Gasteiger partial charge in [-0.3, -0.25) is 0 Å². The average Bonchev–Trinajstić information content (AvgIpc) is 2.71. The Morgan fingerprint density at radius 3 is 2.67 bits per heavy atom. The van der Waals surface area contributed by atoms with Gasteiger partial charge in [0, 0.05) is 23.3 Å². The molecule has 1 saturated carbocycles. The van der Waals surface area contributed by atoms with E-state index in [-0.39, 0.29) is 0 Å². The molecule has 0 saturated heterocycles. The van der Waals surface area contributed by atoms with Gasteiger partial charge in [0.2, 0.25) is 0 Å². The first-order valence-corrected chi connectivity index (χ1v) is 7.50. The number of rotatable bonds is 4. The number of aliphatic hydroxyl groups is 1. The molecule has 1 aliphatic rings. The molecule has 0 bridgehead atoms. The Morgan fingerprint density at radius 2 is 2.06 bits per heavy atom. The SMILES string of the molecule is N#Cc1csc(CNCC2(O)CCCCCC2)c1. The van der Waals surface area contributed by atoms with Gasteiger partial charge in [0.1, 0.15) is 6.07 Å². The van der Waals surface area contributed by atoms with Crippen LogP contribution in [0.2, 0.25) is 0 Å². The first kappa shape index (κ1) is 13.5. The fraction of sp³-hybridized carbons (Fsp3) is 0.643. The highest BCUT2D eigenvalue weighted by molar-refractivity contribution is 7.10. The van der Waals surface area contributed by atoms with Gasteiger partial charge < -0.3 is 10.4 Å². The topological polar surface area (TPSA) is 56.0 Å². The van der Waals surface area contributed by atoms with Gasteiger partial charge in [-0.05, 0) is 18.9 Å². The summed E-state index contributed by atoms with van der Waals surface area (Å²) in [5.41, 5.74) is 0.205. The van der Waals surface area contributed by atoms with Crippen molar-refractivity contribution < 1.29 is 5.11 Å². The zero-order valence-electron chi connectivity index (χ0n) is 10.6.